The molecule has 0 aromatic carbocycles. The minimum Gasteiger partial charge on any atom is -0.472 e. The number of hydrogen-bond donors (Lipinski definition) is 1. The van der Waals surface area contributed by atoms with Crippen LogP contribution in [0, 0.1) is 5.92 Å². The van der Waals surface area contributed by atoms with E-state index in [0.29, 0.717) is 12.0 Å². The third-order valence-electron chi connectivity index (χ3n) is 5.01. The Morgan fingerprint density at radius 3 is 2.67 bits per heavy atom. The van der Waals surface area contributed by atoms with Gasteiger partial charge in [-0.25, -0.2) is 0 Å². The van der Waals surface area contributed by atoms with Gasteiger partial charge in [0.1, 0.15) is 0 Å². The van der Waals surface area contributed by atoms with Gasteiger partial charge >= 0.3 is 0 Å². The second-order valence-electron chi connectivity index (χ2n) is 6.46. The van der Waals surface area contributed by atoms with Crippen molar-refractivity contribution in [2.75, 3.05) is 26.2 Å². The van der Waals surface area contributed by atoms with Gasteiger partial charge < -0.3 is 19.2 Å². The summed E-state index contributed by atoms with van der Waals surface area (Å²) in [5, 5.41) is 10.3. The van der Waals surface area contributed by atoms with Crippen molar-refractivity contribution in [2.45, 2.75) is 50.7 Å². The summed E-state index contributed by atoms with van der Waals surface area (Å²) in [6.07, 6.45) is 10.2. The van der Waals surface area contributed by atoms with Crippen molar-refractivity contribution in [3.63, 3.8) is 0 Å². The van der Waals surface area contributed by atoms with E-state index in [1.807, 2.05) is 6.07 Å². The molecule has 2 fully saturated rings. The summed E-state index contributed by atoms with van der Waals surface area (Å²) < 4.78 is 11.1. The average molecular weight is 293 g/mol. The lowest BCUT2D eigenvalue weighted by molar-refractivity contribution is -0.0109. The molecule has 21 heavy (non-hydrogen) atoms. The number of rotatable bonds is 6. The maximum Gasteiger partial charge on any atom is 0.0960 e. The molecule has 1 unspecified atom stereocenters. The van der Waals surface area contributed by atoms with Gasteiger partial charge in [0.15, 0.2) is 0 Å². The van der Waals surface area contributed by atoms with E-state index < -0.39 is 0 Å². The van der Waals surface area contributed by atoms with Gasteiger partial charge in [-0.3, -0.25) is 0 Å². The van der Waals surface area contributed by atoms with Crippen molar-refractivity contribution < 1.29 is 14.3 Å². The standard InChI is InChI=1S/C17H27NO3/c19-17(15-7-11-20-13-15)14-3-5-16(6-4-14)21-12-10-18-8-1-2-9-18/h7,11,13-14,16-17,19H,1-6,8-10,12H2. The third kappa shape index (κ3) is 4.09. The van der Waals surface area contributed by atoms with Gasteiger partial charge in [0.2, 0.25) is 0 Å². The van der Waals surface area contributed by atoms with Crippen LogP contribution in [0.5, 0.6) is 0 Å². The summed E-state index contributed by atoms with van der Waals surface area (Å²) in [5.41, 5.74) is 0.911. The number of likely N-dealkylation sites (tertiary alicyclic amines) is 1. The summed E-state index contributed by atoms with van der Waals surface area (Å²) in [6.45, 7) is 4.43. The van der Waals surface area contributed by atoms with Crippen molar-refractivity contribution in [2.24, 2.45) is 5.92 Å². The minimum absolute atomic E-state index is 0.348. The van der Waals surface area contributed by atoms with Crippen LogP contribution in [0.3, 0.4) is 0 Å². The molecule has 1 N–H and O–H groups in total. The zero-order valence-corrected chi connectivity index (χ0v) is 12.7. The maximum atomic E-state index is 10.3. The smallest absolute Gasteiger partial charge is 0.0960 e. The highest BCUT2D eigenvalue weighted by Crippen LogP contribution is 2.35. The molecule has 2 aliphatic rings. The lowest BCUT2D eigenvalue weighted by Crippen LogP contribution is -2.29. The zero-order valence-electron chi connectivity index (χ0n) is 12.7. The van der Waals surface area contributed by atoms with Crippen LogP contribution >= 0.6 is 0 Å². The van der Waals surface area contributed by atoms with Crippen LogP contribution in [-0.4, -0.2) is 42.4 Å². The Morgan fingerprint density at radius 1 is 1.24 bits per heavy atom. The predicted molar refractivity (Wildman–Crippen MR) is 81.0 cm³/mol. The molecule has 1 aromatic rings. The lowest BCUT2D eigenvalue weighted by Gasteiger charge is -2.31. The highest BCUT2D eigenvalue weighted by Gasteiger charge is 2.28. The fraction of sp³-hybridized carbons (Fsp3) is 0.765. The van der Waals surface area contributed by atoms with Crippen LogP contribution in [0.2, 0.25) is 0 Å². The summed E-state index contributed by atoms with van der Waals surface area (Å²) in [7, 11) is 0. The Balaban J connectivity index is 1.35. The third-order valence-corrected chi connectivity index (χ3v) is 5.01. The molecule has 4 heteroatoms. The molecule has 0 amide bonds. The molecule has 118 valence electrons. The molecule has 2 heterocycles. The van der Waals surface area contributed by atoms with Gasteiger partial charge in [0, 0.05) is 12.1 Å². The number of hydrogen-bond acceptors (Lipinski definition) is 4. The van der Waals surface area contributed by atoms with Crippen molar-refractivity contribution in [3.05, 3.63) is 24.2 Å². The minimum atomic E-state index is -0.380. The first-order valence-corrected chi connectivity index (χ1v) is 8.37. The van der Waals surface area contributed by atoms with Crippen LogP contribution < -0.4 is 0 Å². The van der Waals surface area contributed by atoms with E-state index in [9.17, 15) is 5.11 Å². The molecular formula is C17H27NO3. The molecule has 1 aliphatic heterocycles. The van der Waals surface area contributed by atoms with Crippen LogP contribution in [0.4, 0.5) is 0 Å². The topological polar surface area (TPSA) is 45.8 Å². The van der Waals surface area contributed by atoms with E-state index in [4.69, 9.17) is 9.15 Å². The van der Waals surface area contributed by atoms with Gasteiger partial charge in [-0.2, -0.15) is 0 Å². The molecule has 1 aliphatic carbocycles. The lowest BCUT2D eigenvalue weighted by atomic mass is 9.82. The largest absolute Gasteiger partial charge is 0.472 e. The highest BCUT2D eigenvalue weighted by molar-refractivity contribution is 5.10. The molecule has 1 aromatic heterocycles. The Labute approximate surface area is 127 Å². The van der Waals surface area contributed by atoms with E-state index >= 15 is 0 Å². The van der Waals surface area contributed by atoms with Crippen LogP contribution in [-0.2, 0) is 4.74 Å². The normalized spacial score (nSPS) is 28.8. The van der Waals surface area contributed by atoms with Crippen molar-refractivity contribution >= 4 is 0 Å². The van der Waals surface area contributed by atoms with Crippen LogP contribution in [0.15, 0.2) is 23.0 Å². The number of ether oxygens (including phenoxy) is 1. The molecule has 1 atom stereocenters. The number of aliphatic hydroxyl groups excluding tert-OH is 1. The van der Waals surface area contributed by atoms with Crippen molar-refractivity contribution in [1.29, 1.82) is 0 Å². The fourth-order valence-electron chi connectivity index (χ4n) is 3.64. The zero-order chi connectivity index (χ0) is 14.5. The van der Waals surface area contributed by atoms with E-state index in [2.05, 4.69) is 4.90 Å². The van der Waals surface area contributed by atoms with E-state index in [1.54, 1.807) is 12.5 Å². The molecule has 0 spiro atoms. The van der Waals surface area contributed by atoms with Crippen molar-refractivity contribution in [1.82, 2.24) is 4.90 Å². The Bertz CT molecular complexity index is 392. The summed E-state index contributed by atoms with van der Waals surface area (Å²) in [4.78, 5) is 2.49. The van der Waals surface area contributed by atoms with E-state index in [-0.39, 0.29) is 6.10 Å². The first-order chi connectivity index (χ1) is 10.3. The summed E-state index contributed by atoms with van der Waals surface area (Å²) >= 11 is 0. The first kappa shape index (κ1) is 15.1. The fourth-order valence-corrected chi connectivity index (χ4v) is 3.64. The molecule has 1 saturated carbocycles. The highest BCUT2D eigenvalue weighted by atomic mass is 16.5. The van der Waals surface area contributed by atoms with Gasteiger partial charge in [0.05, 0.1) is 31.3 Å². The molecular weight excluding hydrogens is 266 g/mol. The van der Waals surface area contributed by atoms with Gasteiger partial charge in [-0.05, 0) is 63.6 Å². The molecule has 4 nitrogen and oxygen atoms in total. The van der Waals surface area contributed by atoms with Crippen LogP contribution in [0.25, 0.3) is 0 Å². The molecule has 1 saturated heterocycles. The van der Waals surface area contributed by atoms with Gasteiger partial charge in [-0.1, -0.05) is 0 Å². The monoisotopic (exact) mass is 293 g/mol. The Hall–Kier alpha value is -0.840. The maximum absolute atomic E-state index is 10.3. The van der Waals surface area contributed by atoms with Crippen LogP contribution in [0.1, 0.15) is 50.2 Å². The van der Waals surface area contributed by atoms with E-state index in [0.717, 1.165) is 44.4 Å². The summed E-state index contributed by atoms with van der Waals surface area (Å²) in [6, 6.07) is 1.86. The number of aliphatic hydroxyl groups is 1. The molecule has 3 rings (SSSR count). The second kappa shape index (κ2) is 7.43. The number of nitrogens with zero attached hydrogens (tertiary/aromatic N) is 1. The summed E-state index contributed by atoms with van der Waals surface area (Å²) in [5.74, 6) is 0.348. The second-order valence-corrected chi connectivity index (χ2v) is 6.46. The SMILES string of the molecule is OC(c1ccoc1)C1CCC(OCCN2CCCC2)CC1. The van der Waals surface area contributed by atoms with Gasteiger partial charge in [0.25, 0.3) is 0 Å². The van der Waals surface area contributed by atoms with E-state index in [1.165, 1.54) is 25.9 Å². The number of furan rings is 1. The average Bonchev–Trinajstić information content (AvgIpc) is 3.21. The molecule has 0 radical (unpaired) electrons. The van der Waals surface area contributed by atoms with Gasteiger partial charge in [-0.15, -0.1) is 0 Å². The Morgan fingerprint density at radius 2 is 2.00 bits per heavy atom. The quantitative estimate of drug-likeness (QED) is 0.876. The predicted octanol–water partition coefficient (Wildman–Crippen LogP) is 2.98. The van der Waals surface area contributed by atoms with Crippen molar-refractivity contribution in [3.8, 4) is 0 Å². The Kier molecular flexibility index (Phi) is 5.33. The molecule has 0 bridgehead atoms. The first-order valence-electron chi connectivity index (χ1n) is 8.37.